The van der Waals surface area contributed by atoms with E-state index >= 15 is 0 Å². The van der Waals surface area contributed by atoms with Crippen molar-refractivity contribution in [2.24, 2.45) is 0 Å². The van der Waals surface area contributed by atoms with Gasteiger partial charge in [-0.25, -0.2) is 0 Å². The van der Waals surface area contributed by atoms with Crippen molar-refractivity contribution < 1.29 is 18.7 Å². The van der Waals surface area contributed by atoms with Gasteiger partial charge in [-0.05, 0) is 53.2 Å². The average molecular weight is 418 g/mol. The highest BCUT2D eigenvalue weighted by atomic mass is 79.9. The number of halogens is 1. The third kappa shape index (κ3) is 3.85. The Morgan fingerprint density at radius 1 is 1.31 bits per heavy atom. The maximum atomic E-state index is 12.6. The van der Waals surface area contributed by atoms with Crippen LogP contribution in [0.1, 0.15) is 17.3 Å². The van der Waals surface area contributed by atoms with Crippen LogP contribution in [0.3, 0.4) is 0 Å². The van der Waals surface area contributed by atoms with Gasteiger partial charge in [0.05, 0.1) is 18.2 Å². The number of amides is 1. The number of rotatable bonds is 6. The number of nitrogens with zero attached hydrogens (tertiary/aromatic N) is 2. The number of anilines is 1. The van der Waals surface area contributed by atoms with E-state index in [0.29, 0.717) is 45.3 Å². The molecule has 1 N–H and O–H groups in total. The molecule has 3 aromatic rings. The molecule has 0 aliphatic heterocycles. The van der Waals surface area contributed by atoms with Gasteiger partial charge in [-0.2, -0.15) is 0 Å². The molecule has 0 bridgehead atoms. The van der Waals surface area contributed by atoms with Crippen LogP contribution in [0.4, 0.5) is 5.69 Å². The molecular weight excluding hydrogens is 402 g/mol. The first-order valence-corrected chi connectivity index (χ1v) is 8.60. The van der Waals surface area contributed by atoms with Gasteiger partial charge < -0.3 is 19.2 Å². The Morgan fingerprint density at radius 2 is 2.15 bits per heavy atom. The van der Waals surface area contributed by atoms with E-state index in [9.17, 15) is 4.79 Å². The summed E-state index contributed by atoms with van der Waals surface area (Å²) in [5.74, 6) is 1.14. The largest absolute Gasteiger partial charge is 0.493 e. The number of aromatic nitrogens is 2. The molecule has 0 radical (unpaired) electrons. The SMILES string of the molecule is CCOc1c(Br)cc(C(=O)Nc2cccc(-c3nnco3)c2)cc1OC. The minimum atomic E-state index is -0.283. The molecule has 0 saturated carbocycles. The predicted molar refractivity (Wildman–Crippen MR) is 99.6 cm³/mol. The van der Waals surface area contributed by atoms with Crippen molar-refractivity contribution >= 4 is 27.5 Å². The molecule has 134 valence electrons. The van der Waals surface area contributed by atoms with Crippen molar-refractivity contribution in [1.29, 1.82) is 0 Å². The molecule has 26 heavy (non-hydrogen) atoms. The van der Waals surface area contributed by atoms with E-state index in [2.05, 4.69) is 31.4 Å². The maximum Gasteiger partial charge on any atom is 0.255 e. The number of methoxy groups -OCH3 is 1. The van der Waals surface area contributed by atoms with Crippen LogP contribution in [0.2, 0.25) is 0 Å². The summed E-state index contributed by atoms with van der Waals surface area (Å²) < 4.78 is 16.7. The lowest BCUT2D eigenvalue weighted by molar-refractivity contribution is 0.102. The molecule has 1 heterocycles. The highest BCUT2D eigenvalue weighted by molar-refractivity contribution is 9.10. The maximum absolute atomic E-state index is 12.6. The first-order chi connectivity index (χ1) is 12.6. The fourth-order valence-corrected chi connectivity index (χ4v) is 2.92. The van der Waals surface area contributed by atoms with Crippen molar-refractivity contribution in [1.82, 2.24) is 10.2 Å². The standard InChI is InChI=1S/C18H16BrN3O4/c1-3-25-16-14(19)8-12(9-15(16)24-2)17(23)21-13-6-4-5-11(7-13)18-22-20-10-26-18/h4-10H,3H2,1-2H3,(H,21,23). The van der Waals surface area contributed by atoms with E-state index in [1.807, 2.05) is 13.0 Å². The van der Waals surface area contributed by atoms with Crippen molar-refractivity contribution in [2.75, 3.05) is 19.0 Å². The highest BCUT2D eigenvalue weighted by Gasteiger charge is 2.16. The number of carbonyl (C=O) groups is 1. The normalized spacial score (nSPS) is 10.4. The zero-order valence-corrected chi connectivity index (χ0v) is 15.7. The number of ether oxygens (including phenoxy) is 2. The summed E-state index contributed by atoms with van der Waals surface area (Å²) in [5, 5.41) is 10.4. The second-order valence-electron chi connectivity index (χ2n) is 5.20. The highest BCUT2D eigenvalue weighted by Crippen LogP contribution is 2.36. The Bertz CT molecular complexity index is 913. The quantitative estimate of drug-likeness (QED) is 0.647. The van der Waals surface area contributed by atoms with Crippen molar-refractivity contribution in [3.8, 4) is 23.0 Å². The van der Waals surface area contributed by atoms with Gasteiger partial charge >= 0.3 is 0 Å². The first kappa shape index (κ1) is 17.9. The summed E-state index contributed by atoms with van der Waals surface area (Å²) in [6.45, 7) is 2.37. The van der Waals surface area contributed by atoms with Crippen LogP contribution >= 0.6 is 15.9 Å². The minimum absolute atomic E-state index is 0.283. The molecule has 7 nitrogen and oxygen atoms in total. The van der Waals surface area contributed by atoms with Gasteiger partial charge in [-0.3, -0.25) is 4.79 Å². The molecule has 0 saturated heterocycles. The van der Waals surface area contributed by atoms with Gasteiger partial charge in [-0.15, -0.1) is 10.2 Å². The van der Waals surface area contributed by atoms with Gasteiger partial charge in [0, 0.05) is 16.8 Å². The third-order valence-electron chi connectivity index (χ3n) is 3.51. The van der Waals surface area contributed by atoms with E-state index in [1.165, 1.54) is 13.5 Å². The van der Waals surface area contributed by atoms with E-state index in [1.54, 1.807) is 30.3 Å². The summed E-state index contributed by atoms with van der Waals surface area (Å²) >= 11 is 3.42. The number of carbonyl (C=O) groups excluding carboxylic acids is 1. The monoisotopic (exact) mass is 417 g/mol. The molecular formula is C18H16BrN3O4. The molecule has 0 fully saturated rings. The van der Waals surface area contributed by atoms with Crippen LogP contribution < -0.4 is 14.8 Å². The number of benzene rings is 2. The summed E-state index contributed by atoms with van der Waals surface area (Å²) in [6.07, 6.45) is 1.25. The topological polar surface area (TPSA) is 86.5 Å². The number of hydrogen-bond acceptors (Lipinski definition) is 6. The van der Waals surface area contributed by atoms with Gasteiger partial charge in [0.25, 0.3) is 5.91 Å². The molecule has 0 unspecified atom stereocenters. The van der Waals surface area contributed by atoms with E-state index in [4.69, 9.17) is 13.9 Å². The van der Waals surface area contributed by atoms with Crippen LogP contribution in [0, 0.1) is 0 Å². The smallest absolute Gasteiger partial charge is 0.255 e. The predicted octanol–water partition coefficient (Wildman–Crippen LogP) is 4.16. The second kappa shape index (κ2) is 8.01. The van der Waals surface area contributed by atoms with Crippen LogP contribution in [0.15, 0.2) is 51.7 Å². The molecule has 1 aromatic heterocycles. The van der Waals surface area contributed by atoms with Crippen LogP contribution in [-0.4, -0.2) is 29.8 Å². The van der Waals surface area contributed by atoms with Crippen LogP contribution in [-0.2, 0) is 0 Å². The van der Waals surface area contributed by atoms with Crippen molar-refractivity contribution in [2.45, 2.75) is 6.92 Å². The van der Waals surface area contributed by atoms with Crippen LogP contribution in [0.25, 0.3) is 11.5 Å². The van der Waals surface area contributed by atoms with Gasteiger partial charge in [0.1, 0.15) is 0 Å². The summed E-state index contributed by atoms with van der Waals surface area (Å²) in [6, 6.07) is 10.5. The molecule has 0 aliphatic rings. The lowest BCUT2D eigenvalue weighted by Crippen LogP contribution is -2.12. The Kier molecular flexibility index (Phi) is 5.52. The number of nitrogens with one attached hydrogen (secondary N) is 1. The fraction of sp³-hybridized carbons (Fsp3) is 0.167. The lowest BCUT2D eigenvalue weighted by atomic mass is 10.1. The lowest BCUT2D eigenvalue weighted by Gasteiger charge is -2.13. The Morgan fingerprint density at radius 3 is 2.85 bits per heavy atom. The molecule has 2 aromatic carbocycles. The first-order valence-electron chi connectivity index (χ1n) is 7.80. The Hall–Kier alpha value is -2.87. The molecule has 3 rings (SSSR count). The molecule has 0 spiro atoms. The van der Waals surface area contributed by atoms with Crippen molar-refractivity contribution in [3.05, 3.63) is 52.8 Å². The molecule has 0 aliphatic carbocycles. The summed E-state index contributed by atoms with van der Waals surface area (Å²) in [5.41, 5.74) is 1.75. The Labute approximate surface area is 158 Å². The Balaban J connectivity index is 1.84. The van der Waals surface area contributed by atoms with E-state index in [0.717, 1.165) is 0 Å². The van der Waals surface area contributed by atoms with Crippen LogP contribution in [0.5, 0.6) is 11.5 Å². The summed E-state index contributed by atoms with van der Waals surface area (Å²) in [7, 11) is 1.53. The molecule has 1 amide bonds. The van der Waals surface area contributed by atoms with Gasteiger partial charge in [0.15, 0.2) is 11.5 Å². The molecule has 0 atom stereocenters. The minimum Gasteiger partial charge on any atom is -0.493 e. The van der Waals surface area contributed by atoms with Gasteiger partial charge in [0.2, 0.25) is 12.3 Å². The fourth-order valence-electron chi connectivity index (χ4n) is 2.37. The third-order valence-corrected chi connectivity index (χ3v) is 4.10. The zero-order valence-electron chi connectivity index (χ0n) is 14.2. The van der Waals surface area contributed by atoms with E-state index < -0.39 is 0 Å². The second-order valence-corrected chi connectivity index (χ2v) is 6.06. The van der Waals surface area contributed by atoms with E-state index in [-0.39, 0.29) is 5.91 Å². The average Bonchev–Trinajstić information content (AvgIpc) is 3.18. The zero-order chi connectivity index (χ0) is 18.5. The number of hydrogen-bond donors (Lipinski definition) is 1. The molecule has 8 heteroatoms. The summed E-state index contributed by atoms with van der Waals surface area (Å²) in [4.78, 5) is 12.6. The van der Waals surface area contributed by atoms with Gasteiger partial charge in [-0.1, -0.05) is 6.07 Å². The van der Waals surface area contributed by atoms with Crippen molar-refractivity contribution in [3.63, 3.8) is 0 Å².